The molecule has 0 spiro atoms. The maximum absolute atomic E-state index is 5.53. The average Bonchev–Trinajstić information content (AvgIpc) is 3.30. The van der Waals surface area contributed by atoms with Crippen molar-refractivity contribution in [2.45, 2.75) is 6.42 Å². The van der Waals surface area contributed by atoms with Crippen LogP contribution in [0.1, 0.15) is 11.1 Å². The summed E-state index contributed by atoms with van der Waals surface area (Å²) in [6.07, 6.45) is 1.10. The molecule has 1 aliphatic rings. The first-order valence-corrected chi connectivity index (χ1v) is 11.5. The summed E-state index contributed by atoms with van der Waals surface area (Å²) in [7, 11) is 1.70. The Kier molecular flexibility index (Phi) is 6.40. The fourth-order valence-electron chi connectivity index (χ4n) is 4.48. The van der Waals surface area contributed by atoms with Crippen LogP contribution in [0.5, 0.6) is 5.75 Å². The van der Waals surface area contributed by atoms with E-state index in [-0.39, 0.29) is 0 Å². The Hall–Kier alpha value is -4.30. The molecule has 2 heteroatoms. The minimum atomic E-state index is 0.852. The Bertz CT molecular complexity index is 1280. The third-order valence-corrected chi connectivity index (χ3v) is 6.06. The molecule has 0 amide bonds. The zero-order valence-electron chi connectivity index (χ0n) is 19.3. The van der Waals surface area contributed by atoms with E-state index < -0.39 is 0 Å². The molecule has 5 aromatic carbocycles. The van der Waals surface area contributed by atoms with Crippen LogP contribution in [-0.4, -0.2) is 7.11 Å². The number of fused-ring (bicyclic) bond motifs is 3. The lowest BCUT2D eigenvalue weighted by Crippen LogP contribution is -2.10. The topological polar surface area (TPSA) is 12.5 Å². The van der Waals surface area contributed by atoms with Gasteiger partial charge in [-0.1, -0.05) is 97.1 Å². The maximum atomic E-state index is 5.53. The van der Waals surface area contributed by atoms with Crippen molar-refractivity contribution in [3.05, 3.63) is 145 Å². The average molecular weight is 442 g/mol. The van der Waals surface area contributed by atoms with E-state index in [2.05, 4.69) is 83.8 Å². The highest BCUT2D eigenvalue weighted by Crippen LogP contribution is 2.39. The third kappa shape index (κ3) is 4.44. The number of hydrogen-bond acceptors (Lipinski definition) is 2. The van der Waals surface area contributed by atoms with Gasteiger partial charge in [-0.2, -0.15) is 0 Å². The number of methoxy groups -OCH3 is 1. The predicted octanol–water partition coefficient (Wildman–Crippen LogP) is 8.42. The summed E-state index contributed by atoms with van der Waals surface area (Å²) in [5.41, 5.74) is 8.99. The van der Waals surface area contributed by atoms with Crippen molar-refractivity contribution in [1.82, 2.24) is 0 Å². The molecule has 0 radical (unpaired) electrons. The Morgan fingerprint density at radius 2 is 0.941 bits per heavy atom. The lowest BCUT2D eigenvalue weighted by atomic mass is 10.1. The molecule has 0 aromatic heterocycles. The standard InChI is InChI=1S/C19H17NO.C13H10/c1-21-19-15-9-8-14-18(19)20(16-10-4-2-5-11-16)17-12-6-3-7-13-17;1-3-7-12-10(5-1)9-11-6-2-4-8-13(11)12/h2-15H,1H3;1-8H,9H2. The van der Waals surface area contributed by atoms with Gasteiger partial charge >= 0.3 is 0 Å². The Morgan fingerprint density at radius 3 is 1.47 bits per heavy atom. The predicted molar refractivity (Wildman–Crippen MR) is 142 cm³/mol. The van der Waals surface area contributed by atoms with E-state index in [9.17, 15) is 0 Å². The quantitative estimate of drug-likeness (QED) is 0.272. The zero-order valence-corrected chi connectivity index (χ0v) is 19.3. The Morgan fingerprint density at radius 1 is 0.500 bits per heavy atom. The van der Waals surface area contributed by atoms with Crippen LogP contribution < -0.4 is 9.64 Å². The molecule has 0 fully saturated rings. The Labute approximate surface area is 201 Å². The van der Waals surface area contributed by atoms with Crippen LogP contribution in [0.15, 0.2) is 133 Å². The number of rotatable bonds is 4. The van der Waals surface area contributed by atoms with E-state index in [1.165, 1.54) is 22.3 Å². The van der Waals surface area contributed by atoms with Crippen LogP contribution in [0, 0.1) is 0 Å². The molecule has 166 valence electrons. The SMILES string of the molecule is COc1ccccc1N(c1ccccc1)c1ccccc1.c1ccc2c(c1)Cc1ccccc1-2. The number of ether oxygens (including phenoxy) is 1. The molecular weight excluding hydrogens is 414 g/mol. The van der Waals surface area contributed by atoms with Crippen LogP contribution in [0.3, 0.4) is 0 Å². The molecule has 34 heavy (non-hydrogen) atoms. The summed E-state index contributed by atoms with van der Waals surface area (Å²) < 4.78 is 5.53. The monoisotopic (exact) mass is 441 g/mol. The molecule has 6 rings (SSSR count). The van der Waals surface area contributed by atoms with E-state index >= 15 is 0 Å². The molecule has 2 nitrogen and oxygen atoms in total. The van der Waals surface area contributed by atoms with Gasteiger partial charge in [-0.3, -0.25) is 0 Å². The zero-order chi connectivity index (χ0) is 23.2. The van der Waals surface area contributed by atoms with Gasteiger partial charge < -0.3 is 9.64 Å². The molecule has 0 aliphatic heterocycles. The fraction of sp³-hybridized carbons (Fsp3) is 0.0625. The Balaban J connectivity index is 0.000000157. The van der Waals surface area contributed by atoms with Crippen LogP contribution in [0.4, 0.5) is 17.1 Å². The summed E-state index contributed by atoms with van der Waals surface area (Å²) >= 11 is 0. The van der Waals surface area contributed by atoms with E-state index in [4.69, 9.17) is 4.74 Å². The summed E-state index contributed by atoms with van der Waals surface area (Å²) in [6.45, 7) is 0. The molecule has 0 N–H and O–H groups in total. The van der Waals surface area contributed by atoms with E-state index in [0.29, 0.717) is 0 Å². The van der Waals surface area contributed by atoms with Gasteiger partial charge in [0.2, 0.25) is 0 Å². The largest absolute Gasteiger partial charge is 0.495 e. The minimum absolute atomic E-state index is 0.852. The number of nitrogens with zero attached hydrogens (tertiary/aromatic N) is 1. The van der Waals surface area contributed by atoms with Gasteiger partial charge in [-0.25, -0.2) is 0 Å². The molecule has 0 atom stereocenters. The highest BCUT2D eigenvalue weighted by molar-refractivity contribution is 5.80. The second kappa shape index (κ2) is 10.1. The highest BCUT2D eigenvalue weighted by atomic mass is 16.5. The number of anilines is 3. The molecule has 0 saturated heterocycles. The smallest absolute Gasteiger partial charge is 0.142 e. The van der Waals surface area contributed by atoms with Gasteiger partial charge in [0.1, 0.15) is 5.75 Å². The van der Waals surface area contributed by atoms with E-state index in [1.807, 2.05) is 54.6 Å². The molecule has 0 unspecified atom stereocenters. The van der Waals surface area contributed by atoms with Crippen molar-refractivity contribution < 1.29 is 4.74 Å². The lowest BCUT2D eigenvalue weighted by Gasteiger charge is -2.26. The molecule has 0 heterocycles. The summed E-state index contributed by atoms with van der Waals surface area (Å²) in [4.78, 5) is 2.19. The second-order valence-corrected chi connectivity index (χ2v) is 8.17. The highest BCUT2D eigenvalue weighted by Gasteiger charge is 2.16. The van der Waals surface area contributed by atoms with Crippen molar-refractivity contribution in [2.75, 3.05) is 12.0 Å². The van der Waals surface area contributed by atoms with Crippen LogP contribution in [0.2, 0.25) is 0 Å². The molecule has 0 bridgehead atoms. The van der Waals surface area contributed by atoms with Gasteiger partial charge in [-0.05, 0) is 65.1 Å². The first-order chi connectivity index (χ1) is 16.8. The normalized spacial score (nSPS) is 11.0. The summed E-state index contributed by atoms with van der Waals surface area (Å²) in [5.74, 6) is 0.852. The van der Waals surface area contributed by atoms with Gasteiger partial charge in [0, 0.05) is 11.4 Å². The fourth-order valence-corrected chi connectivity index (χ4v) is 4.48. The van der Waals surface area contributed by atoms with Gasteiger partial charge in [0.05, 0.1) is 12.8 Å². The molecular formula is C32H27NO. The van der Waals surface area contributed by atoms with Crippen molar-refractivity contribution in [3.63, 3.8) is 0 Å². The van der Waals surface area contributed by atoms with Crippen LogP contribution in [0.25, 0.3) is 11.1 Å². The molecule has 1 aliphatic carbocycles. The lowest BCUT2D eigenvalue weighted by molar-refractivity contribution is 0.416. The molecule has 5 aromatic rings. The first-order valence-electron chi connectivity index (χ1n) is 11.5. The second-order valence-electron chi connectivity index (χ2n) is 8.17. The van der Waals surface area contributed by atoms with Crippen LogP contribution >= 0.6 is 0 Å². The van der Waals surface area contributed by atoms with Gasteiger partial charge in [0.25, 0.3) is 0 Å². The third-order valence-electron chi connectivity index (χ3n) is 6.06. The van der Waals surface area contributed by atoms with Gasteiger partial charge in [-0.15, -0.1) is 0 Å². The summed E-state index contributed by atoms with van der Waals surface area (Å²) in [6, 6.07) is 46.0. The van der Waals surface area contributed by atoms with Crippen molar-refractivity contribution in [2.24, 2.45) is 0 Å². The van der Waals surface area contributed by atoms with Crippen molar-refractivity contribution in [1.29, 1.82) is 0 Å². The van der Waals surface area contributed by atoms with Crippen LogP contribution in [-0.2, 0) is 6.42 Å². The number of hydrogen-bond donors (Lipinski definition) is 0. The summed E-state index contributed by atoms with van der Waals surface area (Å²) in [5, 5.41) is 0. The molecule has 0 saturated carbocycles. The maximum Gasteiger partial charge on any atom is 0.142 e. The number of para-hydroxylation sites is 4. The van der Waals surface area contributed by atoms with E-state index in [0.717, 1.165) is 29.2 Å². The van der Waals surface area contributed by atoms with Crippen molar-refractivity contribution >= 4 is 17.1 Å². The minimum Gasteiger partial charge on any atom is -0.495 e. The van der Waals surface area contributed by atoms with Crippen molar-refractivity contribution in [3.8, 4) is 16.9 Å². The first kappa shape index (κ1) is 21.5. The number of benzene rings is 5. The van der Waals surface area contributed by atoms with E-state index in [1.54, 1.807) is 7.11 Å². The van der Waals surface area contributed by atoms with Gasteiger partial charge in [0.15, 0.2) is 0 Å².